The van der Waals surface area contributed by atoms with Crippen LogP contribution in [0.2, 0.25) is 0 Å². The number of carbonyl (C=O) groups is 1. The molecule has 1 aromatic rings. The normalized spacial score (nSPS) is 21.0. The molecule has 0 aliphatic carbocycles. The Labute approximate surface area is 87.2 Å². The minimum atomic E-state index is -0.105. The topological polar surface area (TPSA) is 42.2 Å². The van der Waals surface area contributed by atoms with Gasteiger partial charge in [0.2, 0.25) is 0 Å². The highest BCUT2D eigenvalue weighted by Gasteiger charge is 2.17. The number of amides is 1. The molecule has 1 aliphatic heterocycles. The van der Waals surface area contributed by atoms with E-state index >= 15 is 0 Å². The molecule has 2 heterocycles. The quantitative estimate of drug-likeness (QED) is 0.828. The summed E-state index contributed by atoms with van der Waals surface area (Å²) >= 11 is 1.96. The van der Waals surface area contributed by atoms with Gasteiger partial charge < -0.3 is 9.73 Å². The molecule has 0 aromatic carbocycles. The molecule has 76 valence electrons. The van der Waals surface area contributed by atoms with Gasteiger partial charge in [0.1, 0.15) is 0 Å². The minimum absolute atomic E-state index is 0.105. The lowest BCUT2D eigenvalue weighted by Gasteiger charge is -2.08. The van der Waals surface area contributed by atoms with Crippen LogP contribution in [-0.2, 0) is 0 Å². The Morgan fingerprint density at radius 3 is 3.29 bits per heavy atom. The number of rotatable bonds is 3. The van der Waals surface area contributed by atoms with Crippen molar-refractivity contribution in [2.24, 2.45) is 5.92 Å². The molecule has 14 heavy (non-hydrogen) atoms. The number of nitrogens with one attached hydrogen (secondary N) is 1. The summed E-state index contributed by atoms with van der Waals surface area (Å²) in [5.74, 6) is 3.32. The smallest absolute Gasteiger partial charge is 0.286 e. The van der Waals surface area contributed by atoms with E-state index in [0.717, 1.165) is 6.54 Å². The molecule has 2 rings (SSSR count). The Bertz CT molecular complexity index is 291. The third-order valence-corrected chi connectivity index (χ3v) is 3.55. The van der Waals surface area contributed by atoms with Crippen LogP contribution in [0.4, 0.5) is 0 Å². The summed E-state index contributed by atoms with van der Waals surface area (Å²) in [6.07, 6.45) is 2.73. The first-order valence-electron chi connectivity index (χ1n) is 4.75. The molecule has 3 nitrogen and oxygen atoms in total. The zero-order valence-electron chi connectivity index (χ0n) is 7.86. The molecule has 0 radical (unpaired) electrons. The number of hydrogen-bond acceptors (Lipinski definition) is 3. The van der Waals surface area contributed by atoms with E-state index in [9.17, 15) is 4.79 Å². The number of hydrogen-bond donors (Lipinski definition) is 1. The van der Waals surface area contributed by atoms with Gasteiger partial charge in [-0.05, 0) is 36.0 Å². The molecule has 1 amide bonds. The molecular formula is C10H13NO2S. The SMILES string of the molecule is O=C(NCC1CCSC1)c1ccco1. The summed E-state index contributed by atoms with van der Waals surface area (Å²) in [5.41, 5.74) is 0. The molecule has 1 aliphatic rings. The average Bonchev–Trinajstić information content (AvgIpc) is 2.87. The van der Waals surface area contributed by atoms with Gasteiger partial charge in [-0.15, -0.1) is 0 Å². The van der Waals surface area contributed by atoms with Crippen LogP contribution in [0.15, 0.2) is 22.8 Å². The highest BCUT2D eigenvalue weighted by atomic mass is 32.2. The Morgan fingerprint density at radius 2 is 2.64 bits per heavy atom. The molecule has 0 saturated carbocycles. The van der Waals surface area contributed by atoms with E-state index in [1.54, 1.807) is 12.1 Å². The summed E-state index contributed by atoms with van der Waals surface area (Å²) < 4.78 is 4.99. The highest BCUT2D eigenvalue weighted by Crippen LogP contribution is 2.22. The van der Waals surface area contributed by atoms with E-state index < -0.39 is 0 Å². The maximum atomic E-state index is 11.5. The lowest BCUT2D eigenvalue weighted by Crippen LogP contribution is -2.28. The third kappa shape index (κ3) is 2.32. The fourth-order valence-electron chi connectivity index (χ4n) is 1.48. The lowest BCUT2D eigenvalue weighted by molar-refractivity contribution is 0.0921. The van der Waals surface area contributed by atoms with Crippen LogP contribution in [0.5, 0.6) is 0 Å². The molecule has 4 heteroatoms. The van der Waals surface area contributed by atoms with E-state index in [-0.39, 0.29) is 5.91 Å². The Kier molecular flexibility index (Phi) is 3.14. The summed E-state index contributed by atoms with van der Waals surface area (Å²) in [4.78, 5) is 11.5. The second kappa shape index (κ2) is 4.55. The number of carbonyl (C=O) groups excluding carboxylic acids is 1. The van der Waals surface area contributed by atoms with Gasteiger partial charge in [0.25, 0.3) is 5.91 Å². The van der Waals surface area contributed by atoms with Crippen LogP contribution in [0.3, 0.4) is 0 Å². The van der Waals surface area contributed by atoms with Gasteiger partial charge in [0, 0.05) is 6.54 Å². The predicted octanol–water partition coefficient (Wildman–Crippen LogP) is 1.76. The van der Waals surface area contributed by atoms with Crippen LogP contribution in [0, 0.1) is 5.92 Å². The number of furan rings is 1. The van der Waals surface area contributed by atoms with E-state index in [1.807, 2.05) is 11.8 Å². The van der Waals surface area contributed by atoms with Crippen molar-refractivity contribution < 1.29 is 9.21 Å². The first-order valence-corrected chi connectivity index (χ1v) is 5.91. The van der Waals surface area contributed by atoms with Crippen molar-refractivity contribution in [1.29, 1.82) is 0 Å². The molecule has 1 atom stereocenters. The van der Waals surface area contributed by atoms with Crippen LogP contribution >= 0.6 is 11.8 Å². The van der Waals surface area contributed by atoms with Crippen molar-refractivity contribution in [3.63, 3.8) is 0 Å². The number of thioether (sulfide) groups is 1. The van der Waals surface area contributed by atoms with Crippen molar-refractivity contribution in [2.75, 3.05) is 18.1 Å². The van der Waals surface area contributed by atoms with Gasteiger partial charge in [-0.25, -0.2) is 0 Å². The van der Waals surface area contributed by atoms with E-state index in [4.69, 9.17) is 4.42 Å². The molecule has 0 bridgehead atoms. The van der Waals surface area contributed by atoms with Gasteiger partial charge in [-0.1, -0.05) is 0 Å². The van der Waals surface area contributed by atoms with Crippen LogP contribution in [-0.4, -0.2) is 24.0 Å². The second-order valence-corrected chi connectivity index (χ2v) is 4.57. The summed E-state index contributed by atoms with van der Waals surface area (Å²) in [6, 6.07) is 3.40. The van der Waals surface area contributed by atoms with Gasteiger partial charge in [-0.2, -0.15) is 11.8 Å². The maximum absolute atomic E-state index is 11.5. The third-order valence-electron chi connectivity index (χ3n) is 2.32. The standard InChI is InChI=1S/C10H13NO2S/c12-10(9-2-1-4-13-9)11-6-8-3-5-14-7-8/h1-2,4,8H,3,5-7H2,(H,11,12). The molecule has 1 unspecified atom stereocenters. The van der Waals surface area contributed by atoms with Crippen LogP contribution < -0.4 is 5.32 Å². The summed E-state index contributed by atoms with van der Waals surface area (Å²) in [7, 11) is 0. The summed E-state index contributed by atoms with van der Waals surface area (Å²) in [6.45, 7) is 0.770. The van der Waals surface area contributed by atoms with Crippen molar-refractivity contribution in [1.82, 2.24) is 5.32 Å². The molecular weight excluding hydrogens is 198 g/mol. The Balaban J connectivity index is 1.78. The van der Waals surface area contributed by atoms with Gasteiger partial charge in [-0.3, -0.25) is 4.79 Å². The molecule has 1 fully saturated rings. The summed E-state index contributed by atoms with van der Waals surface area (Å²) in [5, 5.41) is 2.88. The van der Waals surface area contributed by atoms with Crippen LogP contribution in [0.1, 0.15) is 17.0 Å². The Hall–Kier alpha value is -0.900. The average molecular weight is 211 g/mol. The van der Waals surface area contributed by atoms with Gasteiger partial charge in [0.15, 0.2) is 5.76 Å². The fraction of sp³-hybridized carbons (Fsp3) is 0.500. The van der Waals surface area contributed by atoms with Gasteiger partial charge >= 0.3 is 0 Å². The zero-order chi connectivity index (χ0) is 9.80. The van der Waals surface area contributed by atoms with Crippen molar-refractivity contribution >= 4 is 17.7 Å². The largest absolute Gasteiger partial charge is 0.459 e. The highest BCUT2D eigenvalue weighted by molar-refractivity contribution is 7.99. The van der Waals surface area contributed by atoms with Gasteiger partial charge in [0.05, 0.1) is 6.26 Å². The van der Waals surface area contributed by atoms with Crippen molar-refractivity contribution in [2.45, 2.75) is 6.42 Å². The predicted molar refractivity (Wildman–Crippen MR) is 56.5 cm³/mol. The lowest BCUT2D eigenvalue weighted by atomic mass is 10.1. The second-order valence-electron chi connectivity index (χ2n) is 3.42. The fourth-order valence-corrected chi connectivity index (χ4v) is 2.76. The molecule has 0 spiro atoms. The first-order chi connectivity index (χ1) is 6.86. The zero-order valence-corrected chi connectivity index (χ0v) is 8.68. The maximum Gasteiger partial charge on any atom is 0.286 e. The van der Waals surface area contributed by atoms with E-state index in [0.29, 0.717) is 11.7 Å². The van der Waals surface area contributed by atoms with Crippen molar-refractivity contribution in [3.8, 4) is 0 Å². The van der Waals surface area contributed by atoms with Crippen molar-refractivity contribution in [3.05, 3.63) is 24.2 Å². The molecule has 1 aromatic heterocycles. The van der Waals surface area contributed by atoms with Crippen LogP contribution in [0.25, 0.3) is 0 Å². The monoisotopic (exact) mass is 211 g/mol. The Morgan fingerprint density at radius 1 is 1.71 bits per heavy atom. The van der Waals surface area contributed by atoms with E-state index in [1.165, 1.54) is 24.2 Å². The first kappa shape index (κ1) is 9.65. The minimum Gasteiger partial charge on any atom is -0.459 e. The van der Waals surface area contributed by atoms with E-state index in [2.05, 4.69) is 5.32 Å². The molecule has 1 N–H and O–H groups in total. The molecule has 1 saturated heterocycles.